The van der Waals surface area contributed by atoms with Gasteiger partial charge in [0.15, 0.2) is 10.1 Å². The smallest absolute Gasteiger partial charge is 0.234 e. The van der Waals surface area contributed by atoms with E-state index in [2.05, 4.69) is 35.4 Å². The van der Waals surface area contributed by atoms with Crippen LogP contribution in [0.5, 0.6) is 0 Å². The fourth-order valence-corrected chi connectivity index (χ4v) is 7.61. The molecule has 1 aromatic carbocycles. The number of aromatic nitrogens is 2. The van der Waals surface area contributed by atoms with Gasteiger partial charge in [0, 0.05) is 28.3 Å². The number of nitrogens with two attached hydrogens (primary N) is 1. The Bertz CT molecular complexity index is 1560. The van der Waals surface area contributed by atoms with Crippen molar-refractivity contribution in [1.29, 1.82) is 5.26 Å². The molecule has 11 heteroatoms. The molecular formula is C28H28N6O2S3. The maximum Gasteiger partial charge on any atom is 0.234 e. The Morgan fingerprint density at radius 3 is 2.77 bits per heavy atom. The van der Waals surface area contributed by atoms with Gasteiger partial charge in [0.1, 0.15) is 5.82 Å². The Morgan fingerprint density at radius 2 is 2.08 bits per heavy atom. The Kier molecular flexibility index (Phi) is 7.37. The Morgan fingerprint density at radius 1 is 1.28 bits per heavy atom. The third-order valence-electron chi connectivity index (χ3n) is 6.78. The third-order valence-corrected chi connectivity index (χ3v) is 9.76. The SMILES string of the molecule is Cc1ccc(NC(=O)CSc2nnc(N3C(N)=C(C#N)C(c4cccs4)C4=C3CC(C)(C)CC4=O)s2)c(C)c1. The summed E-state index contributed by atoms with van der Waals surface area (Å²) in [4.78, 5) is 28.8. The second-order valence-corrected chi connectivity index (χ2v) is 13.7. The molecule has 1 unspecified atom stereocenters. The number of thioether (sulfide) groups is 1. The zero-order chi connectivity index (χ0) is 27.9. The molecule has 2 aromatic heterocycles. The number of ketones is 1. The van der Waals surface area contributed by atoms with Gasteiger partial charge in [-0.1, -0.05) is 60.7 Å². The fourth-order valence-electron chi connectivity index (χ4n) is 5.09. The molecule has 0 saturated carbocycles. The number of thiophene rings is 1. The van der Waals surface area contributed by atoms with E-state index >= 15 is 0 Å². The number of anilines is 2. The van der Waals surface area contributed by atoms with E-state index in [0.717, 1.165) is 27.4 Å². The van der Waals surface area contributed by atoms with Crippen LogP contribution in [0.15, 0.2) is 62.7 Å². The van der Waals surface area contributed by atoms with Crippen LogP contribution in [0.25, 0.3) is 0 Å². The molecule has 0 radical (unpaired) electrons. The highest BCUT2D eigenvalue weighted by Gasteiger charge is 2.45. The van der Waals surface area contributed by atoms with Crippen LogP contribution in [0.1, 0.15) is 48.6 Å². The van der Waals surface area contributed by atoms with Crippen molar-refractivity contribution in [2.75, 3.05) is 16.0 Å². The van der Waals surface area contributed by atoms with Crippen LogP contribution in [0.2, 0.25) is 0 Å². The molecule has 2 aliphatic rings. The topological polar surface area (TPSA) is 125 Å². The van der Waals surface area contributed by atoms with E-state index in [9.17, 15) is 14.9 Å². The monoisotopic (exact) mass is 576 g/mol. The normalized spacial score (nSPS) is 18.7. The molecule has 3 heterocycles. The van der Waals surface area contributed by atoms with Crippen molar-refractivity contribution < 1.29 is 9.59 Å². The maximum absolute atomic E-state index is 13.5. The lowest BCUT2D eigenvalue weighted by molar-refractivity contribution is -0.118. The van der Waals surface area contributed by atoms with Gasteiger partial charge in [0.2, 0.25) is 11.0 Å². The molecule has 1 atom stereocenters. The number of nitrogens with zero attached hydrogens (tertiary/aromatic N) is 4. The Balaban J connectivity index is 1.43. The number of allylic oxidation sites excluding steroid dienone is 3. The van der Waals surface area contributed by atoms with Crippen molar-refractivity contribution >= 4 is 56.9 Å². The molecule has 1 aliphatic carbocycles. The number of carbonyl (C=O) groups excluding carboxylic acids is 2. The van der Waals surface area contributed by atoms with E-state index in [1.807, 2.05) is 49.6 Å². The van der Waals surface area contributed by atoms with Crippen LogP contribution in [-0.4, -0.2) is 27.6 Å². The maximum atomic E-state index is 13.5. The molecule has 0 bridgehead atoms. The zero-order valence-corrected chi connectivity index (χ0v) is 24.5. The van der Waals surface area contributed by atoms with Crippen molar-refractivity contribution in [3.05, 3.63) is 74.4 Å². The number of carbonyl (C=O) groups is 2. The summed E-state index contributed by atoms with van der Waals surface area (Å²) in [5.41, 5.74) is 11.0. The Hall–Kier alpha value is -3.46. The quantitative estimate of drug-likeness (QED) is 0.348. The zero-order valence-electron chi connectivity index (χ0n) is 22.1. The fraction of sp³-hybridized carbons (Fsp3) is 0.321. The van der Waals surface area contributed by atoms with Gasteiger partial charge in [-0.15, -0.1) is 21.5 Å². The third kappa shape index (κ3) is 5.37. The number of rotatable bonds is 6. The van der Waals surface area contributed by atoms with Crippen molar-refractivity contribution in [1.82, 2.24) is 10.2 Å². The van der Waals surface area contributed by atoms with Crippen LogP contribution in [-0.2, 0) is 9.59 Å². The van der Waals surface area contributed by atoms with Crippen molar-refractivity contribution in [2.24, 2.45) is 11.1 Å². The summed E-state index contributed by atoms with van der Waals surface area (Å²) in [6.45, 7) is 8.09. The number of nitrogens with one attached hydrogen (secondary N) is 1. The van der Waals surface area contributed by atoms with Crippen LogP contribution in [0, 0.1) is 30.6 Å². The highest BCUT2D eigenvalue weighted by atomic mass is 32.2. The highest BCUT2D eigenvalue weighted by Crippen LogP contribution is 2.51. The van der Waals surface area contributed by atoms with Crippen LogP contribution in [0.3, 0.4) is 0 Å². The molecule has 8 nitrogen and oxygen atoms in total. The number of Topliss-reactive ketones (excluding diaryl/α,β-unsaturated/α-hetero) is 1. The second kappa shape index (κ2) is 10.6. The minimum absolute atomic E-state index is 0.0204. The summed E-state index contributed by atoms with van der Waals surface area (Å²) in [5.74, 6) is -0.180. The predicted octanol–water partition coefficient (Wildman–Crippen LogP) is 5.89. The molecule has 3 N–H and O–H groups in total. The van der Waals surface area contributed by atoms with Gasteiger partial charge >= 0.3 is 0 Å². The molecule has 5 rings (SSSR count). The summed E-state index contributed by atoms with van der Waals surface area (Å²) < 4.78 is 0.594. The second-order valence-electron chi connectivity index (χ2n) is 10.5. The highest BCUT2D eigenvalue weighted by molar-refractivity contribution is 8.01. The van der Waals surface area contributed by atoms with Crippen molar-refractivity contribution in [3.63, 3.8) is 0 Å². The Labute approximate surface area is 239 Å². The van der Waals surface area contributed by atoms with E-state index in [4.69, 9.17) is 5.73 Å². The molecule has 1 aliphatic heterocycles. The summed E-state index contributed by atoms with van der Waals surface area (Å²) >= 11 is 4.07. The van der Waals surface area contributed by atoms with Gasteiger partial charge in [0.05, 0.1) is 23.3 Å². The van der Waals surface area contributed by atoms with Crippen LogP contribution < -0.4 is 16.0 Å². The molecule has 39 heavy (non-hydrogen) atoms. The lowest BCUT2D eigenvalue weighted by atomic mass is 9.70. The molecule has 0 spiro atoms. The standard InChI is InChI=1S/C28H28N6O2S3/c1-15-7-8-18(16(2)10-15)31-22(36)14-38-27-33-32-26(39-27)34-19-11-28(3,4)12-20(35)24(19)23(17(13-29)25(34)30)21-6-5-9-37-21/h5-10,23H,11-12,14,30H2,1-4H3,(H,31,36). The molecule has 200 valence electrons. The van der Waals surface area contributed by atoms with Gasteiger partial charge in [0.25, 0.3) is 0 Å². The molecule has 0 saturated heterocycles. The van der Waals surface area contributed by atoms with Gasteiger partial charge in [-0.2, -0.15) is 5.26 Å². The number of nitriles is 1. The van der Waals surface area contributed by atoms with Gasteiger partial charge in [-0.05, 0) is 48.8 Å². The number of hydrogen-bond acceptors (Lipinski definition) is 10. The molecule has 0 fully saturated rings. The number of hydrogen-bond donors (Lipinski definition) is 2. The minimum atomic E-state index is -0.486. The van der Waals surface area contributed by atoms with E-state index in [0.29, 0.717) is 33.5 Å². The van der Waals surface area contributed by atoms with E-state index in [-0.39, 0.29) is 28.7 Å². The van der Waals surface area contributed by atoms with Crippen molar-refractivity contribution in [2.45, 2.75) is 50.8 Å². The van der Waals surface area contributed by atoms with E-state index in [1.54, 1.807) is 4.90 Å². The average Bonchev–Trinajstić information content (AvgIpc) is 3.56. The van der Waals surface area contributed by atoms with Gasteiger partial charge < -0.3 is 11.1 Å². The lowest BCUT2D eigenvalue weighted by Crippen LogP contribution is -2.42. The summed E-state index contributed by atoms with van der Waals surface area (Å²) in [6, 6.07) is 12.0. The largest absolute Gasteiger partial charge is 0.384 e. The number of aryl methyl sites for hydroxylation is 2. The molecular weight excluding hydrogens is 549 g/mol. The first-order valence-electron chi connectivity index (χ1n) is 12.4. The molecule has 3 aromatic rings. The summed E-state index contributed by atoms with van der Waals surface area (Å²) in [7, 11) is 0. The first kappa shape index (κ1) is 27.1. The average molecular weight is 577 g/mol. The van der Waals surface area contributed by atoms with E-state index in [1.165, 1.54) is 34.4 Å². The molecule has 1 amide bonds. The van der Waals surface area contributed by atoms with Crippen LogP contribution >= 0.6 is 34.4 Å². The summed E-state index contributed by atoms with van der Waals surface area (Å²) in [5, 5.41) is 24.2. The van der Waals surface area contributed by atoms with Gasteiger partial charge in [-0.3, -0.25) is 14.5 Å². The first-order valence-corrected chi connectivity index (χ1v) is 15.1. The first-order chi connectivity index (χ1) is 18.6. The number of amides is 1. The predicted molar refractivity (Wildman–Crippen MR) is 157 cm³/mol. The van der Waals surface area contributed by atoms with Crippen molar-refractivity contribution in [3.8, 4) is 6.07 Å². The van der Waals surface area contributed by atoms with Crippen LogP contribution in [0.4, 0.5) is 10.8 Å². The van der Waals surface area contributed by atoms with Gasteiger partial charge in [-0.25, -0.2) is 0 Å². The lowest BCUT2D eigenvalue weighted by Gasteiger charge is -2.42. The summed E-state index contributed by atoms with van der Waals surface area (Å²) in [6.07, 6.45) is 1.00. The number of benzene rings is 1. The minimum Gasteiger partial charge on any atom is -0.384 e. The van der Waals surface area contributed by atoms with E-state index < -0.39 is 5.92 Å².